The van der Waals surface area contributed by atoms with Crippen molar-refractivity contribution in [1.82, 2.24) is 19.7 Å². The Bertz CT molecular complexity index is 533. The maximum absolute atomic E-state index is 11.7. The molecule has 1 aromatic carbocycles. The van der Waals surface area contributed by atoms with Crippen molar-refractivity contribution >= 4 is 11.6 Å². The van der Waals surface area contributed by atoms with Crippen molar-refractivity contribution in [3.05, 3.63) is 36.4 Å². The summed E-state index contributed by atoms with van der Waals surface area (Å²) in [5.74, 6) is -0.0816. The Morgan fingerprint density at radius 3 is 2.71 bits per heavy atom. The van der Waals surface area contributed by atoms with Crippen LogP contribution < -0.4 is 5.73 Å². The molecule has 0 aliphatic heterocycles. The molecule has 2 N–H and O–H groups in total. The summed E-state index contributed by atoms with van der Waals surface area (Å²) in [6.07, 6.45) is 2.98. The van der Waals surface area contributed by atoms with Gasteiger partial charge in [0.25, 0.3) is 5.91 Å². The summed E-state index contributed by atoms with van der Waals surface area (Å²) in [5, 5.41) is 3.99. The Labute approximate surface area is 98.7 Å². The van der Waals surface area contributed by atoms with Gasteiger partial charge in [-0.05, 0) is 18.2 Å². The van der Waals surface area contributed by atoms with E-state index in [9.17, 15) is 4.79 Å². The van der Waals surface area contributed by atoms with E-state index in [2.05, 4.69) is 10.1 Å². The van der Waals surface area contributed by atoms with Crippen LogP contribution in [0, 0.1) is 0 Å². The molecule has 1 heterocycles. The van der Waals surface area contributed by atoms with E-state index in [1.165, 1.54) is 11.2 Å². The van der Waals surface area contributed by atoms with Crippen molar-refractivity contribution in [2.45, 2.75) is 0 Å². The van der Waals surface area contributed by atoms with E-state index in [0.717, 1.165) is 0 Å². The van der Waals surface area contributed by atoms with Gasteiger partial charge in [0.1, 0.15) is 12.7 Å². The third-order valence-electron chi connectivity index (χ3n) is 2.35. The average molecular weight is 231 g/mol. The summed E-state index contributed by atoms with van der Waals surface area (Å²) in [4.78, 5) is 17.1. The first-order chi connectivity index (χ1) is 8.09. The number of nitrogens with two attached hydrogens (primary N) is 1. The molecule has 0 aliphatic carbocycles. The number of amides is 1. The monoisotopic (exact) mass is 231 g/mol. The molecule has 2 aromatic rings. The molecule has 88 valence electrons. The van der Waals surface area contributed by atoms with Crippen molar-refractivity contribution in [2.75, 3.05) is 19.8 Å². The first kappa shape index (κ1) is 11.1. The number of aromatic nitrogens is 3. The van der Waals surface area contributed by atoms with Gasteiger partial charge >= 0.3 is 0 Å². The van der Waals surface area contributed by atoms with E-state index in [1.807, 2.05) is 0 Å². The topological polar surface area (TPSA) is 77.0 Å². The number of nitrogens with zero attached hydrogens (tertiary/aromatic N) is 4. The molecule has 0 radical (unpaired) electrons. The molecule has 0 spiro atoms. The molecule has 1 aromatic heterocycles. The van der Waals surface area contributed by atoms with E-state index < -0.39 is 0 Å². The van der Waals surface area contributed by atoms with Crippen LogP contribution in [0.25, 0.3) is 5.69 Å². The van der Waals surface area contributed by atoms with Crippen molar-refractivity contribution in [1.29, 1.82) is 0 Å². The molecule has 0 atom stereocenters. The lowest BCUT2D eigenvalue weighted by Crippen LogP contribution is -2.21. The summed E-state index contributed by atoms with van der Waals surface area (Å²) in [6, 6.07) is 5.11. The first-order valence-electron chi connectivity index (χ1n) is 5.06. The number of carbonyl (C=O) groups excluding carboxylic acids is 1. The highest BCUT2D eigenvalue weighted by Gasteiger charge is 2.10. The lowest BCUT2D eigenvalue weighted by atomic mass is 10.1. The summed E-state index contributed by atoms with van der Waals surface area (Å²) in [7, 11) is 3.40. The van der Waals surface area contributed by atoms with Crippen LogP contribution in [0.15, 0.2) is 30.9 Å². The zero-order valence-corrected chi connectivity index (χ0v) is 9.66. The molecule has 1 amide bonds. The van der Waals surface area contributed by atoms with Crippen molar-refractivity contribution < 1.29 is 4.79 Å². The fourth-order valence-electron chi connectivity index (χ4n) is 1.49. The van der Waals surface area contributed by atoms with Crippen LogP contribution in [0.4, 0.5) is 5.69 Å². The second kappa shape index (κ2) is 4.25. The minimum atomic E-state index is -0.0816. The number of carbonyl (C=O) groups is 1. The molecule has 0 aliphatic rings. The van der Waals surface area contributed by atoms with E-state index >= 15 is 0 Å². The molecule has 0 fully saturated rings. The molecule has 6 heteroatoms. The van der Waals surface area contributed by atoms with Gasteiger partial charge in [-0.3, -0.25) is 4.79 Å². The number of hydrogen-bond acceptors (Lipinski definition) is 4. The quantitative estimate of drug-likeness (QED) is 0.766. The fourth-order valence-corrected chi connectivity index (χ4v) is 1.49. The SMILES string of the molecule is CN(C)C(=O)c1ccc(-n2cncn2)c(N)c1. The highest BCUT2D eigenvalue weighted by Crippen LogP contribution is 2.18. The van der Waals surface area contributed by atoms with Gasteiger partial charge in [-0.1, -0.05) is 0 Å². The van der Waals surface area contributed by atoms with Gasteiger partial charge in [0.2, 0.25) is 0 Å². The molecule has 2 rings (SSSR count). The van der Waals surface area contributed by atoms with Gasteiger partial charge in [0.15, 0.2) is 0 Å². The van der Waals surface area contributed by atoms with Gasteiger partial charge < -0.3 is 10.6 Å². The molecule has 6 nitrogen and oxygen atoms in total. The van der Waals surface area contributed by atoms with Crippen molar-refractivity contribution in [3.8, 4) is 5.69 Å². The van der Waals surface area contributed by atoms with Crippen LogP contribution in [0.2, 0.25) is 0 Å². The van der Waals surface area contributed by atoms with Gasteiger partial charge in [0, 0.05) is 19.7 Å². The summed E-state index contributed by atoms with van der Waals surface area (Å²) < 4.78 is 1.55. The van der Waals surface area contributed by atoms with E-state index in [-0.39, 0.29) is 5.91 Å². The Morgan fingerprint density at radius 1 is 1.41 bits per heavy atom. The van der Waals surface area contributed by atoms with Gasteiger partial charge in [-0.15, -0.1) is 0 Å². The Morgan fingerprint density at radius 2 is 2.18 bits per heavy atom. The molecule has 0 unspecified atom stereocenters. The molecule has 0 saturated carbocycles. The number of benzene rings is 1. The molecule has 0 saturated heterocycles. The largest absolute Gasteiger partial charge is 0.397 e. The average Bonchev–Trinajstić information content (AvgIpc) is 2.81. The van der Waals surface area contributed by atoms with E-state index in [1.54, 1.807) is 43.3 Å². The minimum Gasteiger partial charge on any atom is -0.397 e. The lowest BCUT2D eigenvalue weighted by molar-refractivity contribution is 0.0827. The second-order valence-corrected chi connectivity index (χ2v) is 3.81. The lowest BCUT2D eigenvalue weighted by Gasteiger charge is -2.12. The smallest absolute Gasteiger partial charge is 0.253 e. The minimum absolute atomic E-state index is 0.0816. The Kier molecular flexibility index (Phi) is 2.78. The van der Waals surface area contributed by atoms with Crippen molar-refractivity contribution in [3.63, 3.8) is 0 Å². The Hall–Kier alpha value is -2.37. The third kappa shape index (κ3) is 2.10. The van der Waals surface area contributed by atoms with E-state index in [0.29, 0.717) is 16.9 Å². The molecular weight excluding hydrogens is 218 g/mol. The van der Waals surface area contributed by atoms with E-state index in [4.69, 9.17) is 5.73 Å². The highest BCUT2D eigenvalue weighted by molar-refractivity contribution is 5.95. The maximum atomic E-state index is 11.7. The van der Waals surface area contributed by atoms with Gasteiger partial charge in [-0.25, -0.2) is 9.67 Å². The predicted molar refractivity (Wildman–Crippen MR) is 63.8 cm³/mol. The number of hydrogen-bond donors (Lipinski definition) is 1. The van der Waals surface area contributed by atoms with Gasteiger partial charge in [0.05, 0.1) is 11.4 Å². The molecular formula is C11H13N5O. The number of rotatable bonds is 2. The summed E-state index contributed by atoms with van der Waals surface area (Å²) in [5.41, 5.74) is 7.64. The summed E-state index contributed by atoms with van der Waals surface area (Å²) >= 11 is 0. The molecule has 0 bridgehead atoms. The highest BCUT2D eigenvalue weighted by atomic mass is 16.2. The van der Waals surface area contributed by atoms with Crippen LogP contribution >= 0.6 is 0 Å². The van der Waals surface area contributed by atoms with Crippen LogP contribution in [0.3, 0.4) is 0 Å². The number of nitrogen functional groups attached to an aromatic ring is 1. The van der Waals surface area contributed by atoms with Crippen LogP contribution in [-0.2, 0) is 0 Å². The third-order valence-corrected chi connectivity index (χ3v) is 2.35. The summed E-state index contributed by atoms with van der Waals surface area (Å²) in [6.45, 7) is 0. The van der Waals surface area contributed by atoms with Crippen LogP contribution in [0.1, 0.15) is 10.4 Å². The maximum Gasteiger partial charge on any atom is 0.253 e. The standard InChI is InChI=1S/C11H13N5O/c1-15(2)11(17)8-3-4-10(9(12)5-8)16-7-13-6-14-16/h3-7H,12H2,1-2H3. The second-order valence-electron chi connectivity index (χ2n) is 3.81. The molecule has 17 heavy (non-hydrogen) atoms. The predicted octanol–water partition coefficient (Wildman–Crippen LogP) is 0.551. The Balaban J connectivity index is 2.39. The van der Waals surface area contributed by atoms with Crippen LogP contribution in [0.5, 0.6) is 0 Å². The number of anilines is 1. The van der Waals surface area contributed by atoms with Crippen molar-refractivity contribution in [2.24, 2.45) is 0 Å². The normalized spacial score (nSPS) is 10.2. The van der Waals surface area contributed by atoms with Gasteiger partial charge in [-0.2, -0.15) is 5.10 Å². The fraction of sp³-hybridized carbons (Fsp3) is 0.182. The first-order valence-corrected chi connectivity index (χ1v) is 5.06. The zero-order valence-electron chi connectivity index (χ0n) is 9.66. The zero-order chi connectivity index (χ0) is 12.4. The van der Waals surface area contributed by atoms with Crippen LogP contribution in [-0.4, -0.2) is 39.7 Å².